The molecule has 0 spiro atoms. The molecule has 3 nitrogen and oxygen atoms in total. The largest absolute Gasteiger partial charge is 0.416 e. The summed E-state index contributed by atoms with van der Waals surface area (Å²) in [6.07, 6.45) is -9.21. The average Bonchev–Trinajstić information content (AvgIpc) is 3.71. The lowest BCUT2D eigenvalue weighted by Crippen LogP contribution is -2.06. The van der Waals surface area contributed by atoms with E-state index in [1.54, 1.807) is 0 Å². The zero-order chi connectivity index (χ0) is 49.0. The lowest BCUT2D eigenvalue weighted by Gasteiger charge is -2.22. The number of hydrogen-bond donors (Lipinski definition) is 0. The molecule has 0 saturated heterocycles. The van der Waals surface area contributed by atoms with Gasteiger partial charge in [-0.25, -0.2) is 9.97 Å². The van der Waals surface area contributed by atoms with Crippen molar-refractivity contribution in [2.24, 2.45) is 0 Å². The van der Waals surface area contributed by atoms with Crippen molar-refractivity contribution in [1.29, 1.82) is 0 Å². The molecule has 0 N–H and O–H groups in total. The van der Waals surface area contributed by atoms with Crippen LogP contribution in [-0.2, 0) is 12.4 Å². The number of hydrogen-bond acceptors (Lipinski definition) is 2. The standard InChI is InChI=1S/C62H41F6N3/c1-38-13-9-11-19-49(38)44-25-31-57-53(33-44)54-34-45(50-20-12-10-14-39(50)2)26-32-58(54)71(57)59-51(40-21-27-47(28-22-40)61(63,64)65)35-46(36-52(59)41-23-29-48(30-24-41)62(66,67)68)56-37-55(42-15-5-3-6-16-42)69-60(70-56)43-17-7-4-8-18-43/h3-37H,1-2H3. The number of aryl methyl sites for hydroxylation is 2. The van der Waals surface area contributed by atoms with Crippen LogP contribution in [0.1, 0.15) is 22.3 Å². The molecule has 2 heterocycles. The molecule has 71 heavy (non-hydrogen) atoms. The Labute approximate surface area is 406 Å². The third kappa shape index (κ3) is 8.54. The molecule has 0 atom stereocenters. The summed E-state index contributed by atoms with van der Waals surface area (Å²) in [5.41, 5.74) is 12.0. The van der Waals surface area contributed by atoms with Crippen LogP contribution in [0.5, 0.6) is 0 Å². The van der Waals surface area contributed by atoms with E-state index in [2.05, 4.69) is 66.9 Å². The number of nitrogens with zero attached hydrogens (tertiary/aromatic N) is 3. The SMILES string of the molecule is Cc1ccccc1-c1ccc2c(c1)c1cc(-c3ccccc3C)ccc1n2-c1c(-c2ccc(C(F)(F)F)cc2)cc(-c2cc(-c3ccccc3)nc(-c3ccccc3)n2)cc1-c1ccc(C(F)(F)F)cc1. The van der Waals surface area contributed by atoms with E-state index >= 15 is 0 Å². The number of rotatable bonds is 8. The monoisotopic (exact) mass is 941 g/mol. The minimum Gasteiger partial charge on any atom is -0.308 e. The van der Waals surface area contributed by atoms with Crippen molar-refractivity contribution in [1.82, 2.24) is 14.5 Å². The van der Waals surface area contributed by atoms with E-state index in [1.165, 1.54) is 24.3 Å². The Bertz CT molecular complexity index is 3540. The van der Waals surface area contributed by atoms with Crippen LogP contribution >= 0.6 is 0 Å². The predicted molar refractivity (Wildman–Crippen MR) is 274 cm³/mol. The highest BCUT2D eigenvalue weighted by molar-refractivity contribution is 6.13. The molecule has 2 aromatic heterocycles. The summed E-state index contributed by atoms with van der Waals surface area (Å²) in [7, 11) is 0. The van der Waals surface area contributed by atoms with Crippen molar-refractivity contribution in [3.63, 3.8) is 0 Å². The Hall–Kier alpha value is -8.56. The third-order valence-corrected chi connectivity index (χ3v) is 13.2. The molecular formula is C62H41F6N3. The molecule has 0 bridgehead atoms. The first-order valence-corrected chi connectivity index (χ1v) is 23.0. The lowest BCUT2D eigenvalue weighted by atomic mass is 9.90. The van der Waals surface area contributed by atoms with Gasteiger partial charge in [-0.3, -0.25) is 0 Å². The van der Waals surface area contributed by atoms with Crippen LogP contribution in [0.4, 0.5) is 26.3 Å². The topological polar surface area (TPSA) is 30.7 Å². The number of alkyl halides is 6. The van der Waals surface area contributed by atoms with E-state index in [0.717, 1.165) is 90.6 Å². The summed E-state index contributed by atoms with van der Waals surface area (Å²) >= 11 is 0. The summed E-state index contributed by atoms with van der Waals surface area (Å²) in [6, 6.07) is 63.7. The van der Waals surface area contributed by atoms with Gasteiger partial charge in [0.05, 0.1) is 39.2 Å². The summed E-state index contributed by atoms with van der Waals surface area (Å²) in [6.45, 7) is 4.13. The smallest absolute Gasteiger partial charge is 0.308 e. The quantitative estimate of drug-likeness (QED) is 0.142. The zero-order valence-corrected chi connectivity index (χ0v) is 38.3. The molecule has 346 valence electrons. The molecular weight excluding hydrogens is 901 g/mol. The van der Waals surface area contributed by atoms with Crippen molar-refractivity contribution in [2.75, 3.05) is 0 Å². The summed E-state index contributed by atoms with van der Waals surface area (Å²) < 4.78 is 87.8. The van der Waals surface area contributed by atoms with Crippen LogP contribution in [0.3, 0.4) is 0 Å². The minimum absolute atomic E-state index is 0.439. The number of fused-ring (bicyclic) bond motifs is 3. The van der Waals surface area contributed by atoms with Gasteiger partial charge in [0.2, 0.25) is 0 Å². The highest BCUT2D eigenvalue weighted by Gasteiger charge is 2.32. The first kappa shape index (κ1) is 44.9. The van der Waals surface area contributed by atoms with E-state index in [-0.39, 0.29) is 0 Å². The normalized spacial score (nSPS) is 11.9. The van der Waals surface area contributed by atoms with Crippen LogP contribution in [0.25, 0.3) is 106 Å². The van der Waals surface area contributed by atoms with Gasteiger partial charge in [0.25, 0.3) is 0 Å². The second kappa shape index (κ2) is 17.8. The molecule has 9 aromatic carbocycles. The third-order valence-electron chi connectivity index (χ3n) is 13.2. The van der Waals surface area contributed by atoms with Crippen LogP contribution in [0.15, 0.2) is 212 Å². The van der Waals surface area contributed by atoms with Crippen LogP contribution in [0, 0.1) is 13.8 Å². The summed E-state index contributed by atoms with van der Waals surface area (Å²) in [4.78, 5) is 10.1. The van der Waals surface area contributed by atoms with Gasteiger partial charge in [-0.05, 0) is 125 Å². The molecule has 0 amide bonds. The number of halogens is 6. The van der Waals surface area contributed by atoms with Gasteiger partial charge in [-0.15, -0.1) is 0 Å². The number of aromatic nitrogens is 3. The van der Waals surface area contributed by atoms with Crippen molar-refractivity contribution >= 4 is 21.8 Å². The molecule has 0 saturated carbocycles. The first-order valence-electron chi connectivity index (χ1n) is 23.0. The van der Waals surface area contributed by atoms with E-state index in [0.29, 0.717) is 50.7 Å². The van der Waals surface area contributed by atoms with Crippen LogP contribution < -0.4 is 0 Å². The van der Waals surface area contributed by atoms with E-state index in [9.17, 15) is 26.3 Å². The molecule has 0 fully saturated rings. The van der Waals surface area contributed by atoms with Crippen LogP contribution in [-0.4, -0.2) is 14.5 Å². The van der Waals surface area contributed by atoms with Crippen LogP contribution in [0.2, 0.25) is 0 Å². The molecule has 0 radical (unpaired) electrons. The average molecular weight is 942 g/mol. The summed E-state index contributed by atoms with van der Waals surface area (Å²) in [5, 5.41) is 1.82. The Balaban J connectivity index is 1.27. The van der Waals surface area contributed by atoms with E-state index in [4.69, 9.17) is 9.97 Å². The fraction of sp³-hybridized carbons (Fsp3) is 0.0645. The Morgan fingerprint density at radius 2 is 0.732 bits per heavy atom. The Kier molecular flexibility index (Phi) is 11.2. The van der Waals surface area contributed by atoms with E-state index in [1.807, 2.05) is 115 Å². The maximum atomic E-state index is 14.3. The molecule has 11 rings (SSSR count). The van der Waals surface area contributed by atoms with Gasteiger partial charge in [0.15, 0.2) is 5.82 Å². The van der Waals surface area contributed by atoms with Crippen molar-refractivity contribution in [3.8, 4) is 84.1 Å². The molecule has 0 unspecified atom stereocenters. The van der Waals surface area contributed by atoms with Crippen molar-refractivity contribution < 1.29 is 26.3 Å². The van der Waals surface area contributed by atoms with Gasteiger partial charge in [-0.2, -0.15) is 26.3 Å². The maximum absolute atomic E-state index is 14.3. The fourth-order valence-electron chi connectivity index (χ4n) is 9.60. The highest BCUT2D eigenvalue weighted by atomic mass is 19.4. The second-order valence-electron chi connectivity index (χ2n) is 17.7. The first-order chi connectivity index (χ1) is 34.3. The van der Waals surface area contributed by atoms with Crippen molar-refractivity contribution in [2.45, 2.75) is 26.2 Å². The van der Waals surface area contributed by atoms with Gasteiger partial charge >= 0.3 is 12.4 Å². The van der Waals surface area contributed by atoms with Crippen molar-refractivity contribution in [3.05, 3.63) is 235 Å². The second-order valence-corrected chi connectivity index (χ2v) is 17.7. The molecule has 11 aromatic rings. The fourth-order valence-corrected chi connectivity index (χ4v) is 9.60. The lowest BCUT2D eigenvalue weighted by molar-refractivity contribution is -0.138. The number of benzene rings is 9. The Morgan fingerprint density at radius 3 is 1.17 bits per heavy atom. The molecule has 0 aliphatic carbocycles. The molecule has 9 heteroatoms. The van der Waals surface area contributed by atoms with E-state index < -0.39 is 23.5 Å². The minimum atomic E-state index is -4.60. The van der Waals surface area contributed by atoms with Gasteiger partial charge in [-0.1, -0.05) is 146 Å². The predicted octanol–water partition coefficient (Wildman–Crippen LogP) is 17.9. The van der Waals surface area contributed by atoms with Gasteiger partial charge < -0.3 is 4.57 Å². The molecule has 0 aliphatic rings. The van der Waals surface area contributed by atoms with Gasteiger partial charge in [0.1, 0.15) is 0 Å². The zero-order valence-electron chi connectivity index (χ0n) is 38.3. The molecule has 0 aliphatic heterocycles. The summed E-state index contributed by atoms with van der Waals surface area (Å²) in [5.74, 6) is 0.439. The Morgan fingerprint density at radius 1 is 0.338 bits per heavy atom. The highest BCUT2D eigenvalue weighted by Crippen LogP contribution is 2.47. The van der Waals surface area contributed by atoms with Gasteiger partial charge in [0, 0.05) is 38.6 Å². The maximum Gasteiger partial charge on any atom is 0.416 e.